The van der Waals surface area contributed by atoms with Crippen LogP contribution in [0.2, 0.25) is 0 Å². The van der Waals surface area contributed by atoms with Crippen molar-refractivity contribution in [3.63, 3.8) is 0 Å². The molecule has 0 saturated heterocycles. The lowest BCUT2D eigenvalue weighted by Crippen LogP contribution is -2.28. The summed E-state index contributed by atoms with van der Waals surface area (Å²) in [4.78, 5) is 10.8. The van der Waals surface area contributed by atoms with E-state index in [9.17, 15) is 0 Å². The number of rotatable bonds is 3. The van der Waals surface area contributed by atoms with E-state index in [2.05, 4.69) is 20.8 Å². The third-order valence-corrected chi connectivity index (χ3v) is 1.97. The first-order valence-electron chi connectivity index (χ1n) is 6.74. The van der Waals surface area contributed by atoms with Crippen LogP contribution in [0.25, 0.3) is 0 Å². The van der Waals surface area contributed by atoms with Crippen LogP contribution in [0, 0.1) is 5.92 Å². The maximum absolute atomic E-state index is 5.48. The highest BCUT2D eigenvalue weighted by Crippen LogP contribution is 2.26. The highest BCUT2D eigenvalue weighted by molar-refractivity contribution is 5.20. The molecule has 0 N–H and O–H groups in total. The Labute approximate surface area is 119 Å². The van der Waals surface area contributed by atoms with Gasteiger partial charge in [0.25, 0.3) is 0 Å². The van der Waals surface area contributed by atoms with Gasteiger partial charge in [-0.05, 0) is 46.1 Å². The molecule has 2 heteroatoms. The highest BCUT2D eigenvalue weighted by Gasteiger charge is 2.25. The van der Waals surface area contributed by atoms with Crippen molar-refractivity contribution in [1.82, 2.24) is 0 Å². The standard InChI is InChI=1S/C13H20O2.C4H9/c1-12(2,3)14-15-13(4,5)11-9-7-6-8-10-11;1-4(2)3/h6-10H,1-5H3;1-3H3. The fourth-order valence-electron chi connectivity index (χ4n) is 1.12. The SMILES string of the molecule is CC(C)(C)OOC(C)(C)c1ccccc1.C[C](C)C. The van der Waals surface area contributed by atoms with E-state index >= 15 is 0 Å². The Bertz CT molecular complexity index is 331. The van der Waals surface area contributed by atoms with Gasteiger partial charge in [0.2, 0.25) is 0 Å². The predicted molar refractivity (Wildman–Crippen MR) is 81.7 cm³/mol. The molecule has 1 aromatic rings. The first-order chi connectivity index (χ1) is 8.54. The maximum Gasteiger partial charge on any atom is 0.123 e. The zero-order valence-electron chi connectivity index (χ0n) is 13.7. The van der Waals surface area contributed by atoms with Gasteiger partial charge in [-0.15, -0.1) is 0 Å². The largest absolute Gasteiger partial charge is 0.230 e. The normalized spacial score (nSPS) is 12.1. The smallest absolute Gasteiger partial charge is 0.123 e. The minimum absolute atomic E-state index is 0.286. The third-order valence-electron chi connectivity index (χ3n) is 1.97. The lowest BCUT2D eigenvalue weighted by molar-refractivity contribution is -0.401. The van der Waals surface area contributed by atoms with E-state index < -0.39 is 5.60 Å². The van der Waals surface area contributed by atoms with E-state index in [0.29, 0.717) is 0 Å². The van der Waals surface area contributed by atoms with Crippen molar-refractivity contribution in [3.8, 4) is 0 Å². The topological polar surface area (TPSA) is 18.5 Å². The summed E-state index contributed by atoms with van der Waals surface area (Å²) in [5, 5.41) is 0. The number of hydrogen-bond acceptors (Lipinski definition) is 2. The first kappa shape index (κ1) is 18.1. The second-order valence-electron chi connectivity index (χ2n) is 6.66. The molecule has 0 aliphatic rings. The molecule has 109 valence electrons. The van der Waals surface area contributed by atoms with Crippen LogP contribution in [0.3, 0.4) is 0 Å². The second kappa shape index (κ2) is 7.66. The van der Waals surface area contributed by atoms with Crippen molar-refractivity contribution in [2.24, 2.45) is 0 Å². The Hall–Kier alpha value is -0.860. The number of benzene rings is 1. The Kier molecular flexibility index (Phi) is 7.32. The molecule has 0 atom stereocenters. The average molecular weight is 265 g/mol. The van der Waals surface area contributed by atoms with Crippen molar-refractivity contribution < 1.29 is 9.78 Å². The molecule has 0 aromatic heterocycles. The maximum atomic E-state index is 5.48. The first-order valence-corrected chi connectivity index (χ1v) is 6.74. The molecule has 0 unspecified atom stereocenters. The quantitative estimate of drug-likeness (QED) is 0.546. The lowest BCUT2D eigenvalue weighted by Gasteiger charge is -2.28. The molecular weight excluding hydrogens is 236 g/mol. The Morgan fingerprint density at radius 1 is 0.789 bits per heavy atom. The van der Waals surface area contributed by atoms with E-state index in [4.69, 9.17) is 9.78 Å². The minimum atomic E-state index is -0.422. The van der Waals surface area contributed by atoms with Gasteiger partial charge in [-0.25, -0.2) is 9.78 Å². The van der Waals surface area contributed by atoms with E-state index in [-0.39, 0.29) is 5.60 Å². The summed E-state index contributed by atoms with van der Waals surface area (Å²) >= 11 is 0. The fraction of sp³-hybridized carbons (Fsp3) is 0.588. The average Bonchev–Trinajstić information content (AvgIpc) is 2.26. The van der Waals surface area contributed by atoms with Crippen LogP contribution in [-0.4, -0.2) is 5.60 Å². The third kappa shape index (κ3) is 9.69. The van der Waals surface area contributed by atoms with Crippen molar-refractivity contribution >= 4 is 0 Å². The Morgan fingerprint density at radius 3 is 1.58 bits per heavy atom. The van der Waals surface area contributed by atoms with Gasteiger partial charge >= 0.3 is 0 Å². The van der Waals surface area contributed by atoms with Gasteiger partial charge in [-0.1, -0.05) is 51.1 Å². The molecule has 1 radical (unpaired) electrons. The zero-order chi connectivity index (χ0) is 15.1. The molecule has 1 rings (SSSR count). The molecule has 1 aromatic carbocycles. The number of hydrogen-bond donors (Lipinski definition) is 0. The van der Waals surface area contributed by atoms with Crippen molar-refractivity contribution in [2.45, 2.75) is 66.6 Å². The van der Waals surface area contributed by atoms with Gasteiger partial charge < -0.3 is 0 Å². The van der Waals surface area contributed by atoms with Gasteiger partial charge in [0.1, 0.15) is 5.60 Å². The van der Waals surface area contributed by atoms with Crippen molar-refractivity contribution in [2.75, 3.05) is 0 Å². The van der Waals surface area contributed by atoms with Crippen LogP contribution in [-0.2, 0) is 15.4 Å². The summed E-state index contributed by atoms with van der Waals surface area (Å²) in [5.74, 6) is 1.42. The molecule has 0 heterocycles. The summed E-state index contributed by atoms with van der Waals surface area (Å²) < 4.78 is 0. The molecule has 0 amide bonds. The summed E-state index contributed by atoms with van der Waals surface area (Å²) in [5.41, 5.74) is 0.398. The van der Waals surface area contributed by atoms with E-state index in [1.54, 1.807) is 0 Å². The minimum Gasteiger partial charge on any atom is -0.230 e. The van der Waals surface area contributed by atoms with E-state index in [0.717, 1.165) is 5.56 Å². The molecular formula is C17H29O2. The highest BCUT2D eigenvalue weighted by atomic mass is 17.2. The predicted octanol–water partition coefficient (Wildman–Crippen LogP) is 5.29. The molecule has 0 bridgehead atoms. The van der Waals surface area contributed by atoms with Gasteiger partial charge in [0.15, 0.2) is 0 Å². The lowest BCUT2D eigenvalue weighted by atomic mass is 9.99. The van der Waals surface area contributed by atoms with Crippen LogP contribution in [0.15, 0.2) is 30.3 Å². The molecule has 19 heavy (non-hydrogen) atoms. The molecule has 2 nitrogen and oxygen atoms in total. The molecule has 0 aliphatic carbocycles. The van der Waals surface area contributed by atoms with Crippen LogP contribution >= 0.6 is 0 Å². The van der Waals surface area contributed by atoms with Crippen LogP contribution < -0.4 is 0 Å². The van der Waals surface area contributed by atoms with E-state index in [1.807, 2.05) is 65.0 Å². The van der Waals surface area contributed by atoms with Gasteiger partial charge in [-0.3, -0.25) is 0 Å². The van der Waals surface area contributed by atoms with Crippen molar-refractivity contribution in [1.29, 1.82) is 0 Å². The zero-order valence-corrected chi connectivity index (χ0v) is 13.7. The van der Waals surface area contributed by atoms with Crippen molar-refractivity contribution in [3.05, 3.63) is 41.8 Å². The summed E-state index contributed by atoms with van der Waals surface area (Å²) in [6, 6.07) is 10.1. The van der Waals surface area contributed by atoms with Gasteiger partial charge in [0.05, 0.1) is 5.60 Å². The second-order valence-corrected chi connectivity index (χ2v) is 6.66. The summed E-state index contributed by atoms with van der Waals surface area (Å²) in [6.07, 6.45) is 0. The fourth-order valence-corrected chi connectivity index (χ4v) is 1.12. The van der Waals surface area contributed by atoms with Gasteiger partial charge in [-0.2, -0.15) is 0 Å². The summed E-state index contributed by atoms with van der Waals surface area (Å²) in [6.45, 7) is 16.1. The Morgan fingerprint density at radius 2 is 1.21 bits per heavy atom. The van der Waals surface area contributed by atoms with Gasteiger partial charge in [0, 0.05) is 0 Å². The molecule has 0 fully saturated rings. The molecule has 0 spiro atoms. The summed E-state index contributed by atoms with van der Waals surface area (Å²) in [7, 11) is 0. The van der Waals surface area contributed by atoms with Crippen LogP contribution in [0.5, 0.6) is 0 Å². The Balaban J connectivity index is 0.000000711. The van der Waals surface area contributed by atoms with Crippen LogP contribution in [0.4, 0.5) is 0 Å². The molecule has 0 saturated carbocycles. The molecule has 0 aliphatic heterocycles. The monoisotopic (exact) mass is 265 g/mol. The van der Waals surface area contributed by atoms with E-state index in [1.165, 1.54) is 5.92 Å². The van der Waals surface area contributed by atoms with Crippen LogP contribution in [0.1, 0.15) is 61.0 Å².